The van der Waals surface area contributed by atoms with Crippen molar-refractivity contribution >= 4 is 16.8 Å². The summed E-state index contributed by atoms with van der Waals surface area (Å²) in [5.41, 5.74) is 0.517. The van der Waals surface area contributed by atoms with Gasteiger partial charge in [-0.05, 0) is 39.4 Å². The lowest BCUT2D eigenvalue weighted by atomic mass is 10.1. The summed E-state index contributed by atoms with van der Waals surface area (Å²) in [7, 11) is 0. The molecule has 2 heterocycles. The summed E-state index contributed by atoms with van der Waals surface area (Å²) in [5, 5.41) is 0.574. The quantitative estimate of drug-likeness (QED) is 0.865. The van der Waals surface area contributed by atoms with Crippen LogP contribution in [0.3, 0.4) is 0 Å². The van der Waals surface area contributed by atoms with Gasteiger partial charge in [0, 0.05) is 13.1 Å². The van der Waals surface area contributed by atoms with E-state index in [1.54, 1.807) is 6.07 Å². The number of nitrogens with one attached hydrogen (secondary N) is 1. The van der Waals surface area contributed by atoms with Gasteiger partial charge in [-0.1, -0.05) is 19.1 Å². The van der Waals surface area contributed by atoms with E-state index >= 15 is 0 Å². The first-order valence-electron chi connectivity index (χ1n) is 9.55. The Balaban J connectivity index is 1.76. The van der Waals surface area contributed by atoms with Crippen LogP contribution >= 0.6 is 0 Å². The number of rotatable bonds is 5. The molecule has 3 rings (SSSR count). The van der Waals surface area contributed by atoms with Crippen LogP contribution in [0.15, 0.2) is 29.1 Å². The zero-order valence-corrected chi connectivity index (χ0v) is 16.4. The number of morpholine rings is 1. The Hall–Kier alpha value is -2.25. The van der Waals surface area contributed by atoms with Crippen molar-refractivity contribution in [3.8, 4) is 0 Å². The molecule has 27 heavy (non-hydrogen) atoms. The van der Waals surface area contributed by atoms with Crippen LogP contribution in [0.2, 0.25) is 0 Å². The van der Waals surface area contributed by atoms with Crippen LogP contribution in [0.4, 0.5) is 0 Å². The molecule has 1 amide bonds. The Bertz CT molecular complexity index is 856. The Morgan fingerprint density at radius 1 is 1.33 bits per heavy atom. The predicted octanol–water partition coefficient (Wildman–Crippen LogP) is 1.77. The molecular formula is C20H28N4O3. The number of benzene rings is 1. The first-order chi connectivity index (χ1) is 12.9. The van der Waals surface area contributed by atoms with Crippen LogP contribution in [0.5, 0.6) is 0 Å². The van der Waals surface area contributed by atoms with Gasteiger partial charge in [0.15, 0.2) is 0 Å². The highest BCUT2D eigenvalue weighted by molar-refractivity contribution is 5.81. The summed E-state index contributed by atoms with van der Waals surface area (Å²) in [6.07, 6.45) is 0.0805. The van der Waals surface area contributed by atoms with Crippen molar-refractivity contribution in [2.45, 2.75) is 52.5 Å². The van der Waals surface area contributed by atoms with Crippen LogP contribution in [-0.4, -0.2) is 63.6 Å². The molecule has 3 unspecified atom stereocenters. The molecule has 0 bridgehead atoms. The maximum atomic E-state index is 13.0. The molecule has 1 aliphatic heterocycles. The maximum absolute atomic E-state index is 13.0. The van der Waals surface area contributed by atoms with Gasteiger partial charge in [-0.2, -0.15) is 0 Å². The molecule has 146 valence electrons. The fourth-order valence-corrected chi connectivity index (χ4v) is 3.70. The molecule has 1 N–H and O–H groups in total. The predicted molar refractivity (Wildman–Crippen MR) is 104 cm³/mol. The van der Waals surface area contributed by atoms with E-state index in [2.05, 4.69) is 9.97 Å². The van der Waals surface area contributed by atoms with E-state index in [0.717, 1.165) is 0 Å². The lowest BCUT2D eigenvalue weighted by Gasteiger charge is -2.38. The minimum absolute atomic E-state index is 0.0403. The van der Waals surface area contributed by atoms with Crippen LogP contribution in [0.25, 0.3) is 10.9 Å². The SMILES string of the molecule is CCN(Cc1nc2ccccc2c(=O)[nH]1)C(C)C(=O)N1CC(C)OC(C)C1. The van der Waals surface area contributed by atoms with E-state index in [1.165, 1.54) is 0 Å². The minimum Gasteiger partial charge on any atom is -0.372 e. The van der Waals surface area contributed by atoms with E-state index < -0.39 is 0 Å². The van der Waals surface area contributed by atoms with Gasteiger partial charge < -0.3 is 14.6 Å². The molecule has 1 saturated heterocycles. The van der Waals surface area contributed by atoms with E-state index in [1.807, 2.05) is 55.7 Å². The smallest absolute Gasteiger partial charge is 0.258 e. The molecule has 7 nitrogen and oxygen atoms in total. The van der Waals surface area contributed by atoms with Gasteiger partial charge in [0.2, 0.25) is 5.91 Å². The number of para-hydroxylation sites is 1. The number of hydrogen-bond donors (Lipinski definition) is 1. The van der Waals surface area contributed by atoms with Gasteiger partial charge >= 0.3 is 0 Å². The van der Waals surface area contributed by atoms with Crippen molar-refractivity contribution in [2.75, 3.05) is 19.6 Å². The molecule has 0 radical (unpaired) electrons. The number of nitrogens with zero attached hydrogens (tertiary/aromatic N) is 3. The van der Waals surface area contributed by atoms with Gasteiger partial charge in [-0.25, -0.2) is 4.98 Å². The van der Waals surface area contributed by atoms with Gasteiger partial charge in [-0.15, -0.1) is 0 Å². The zero-order chi connectivity index (χ0) is 19.6. The number of likely N-dealkylation sites (N-methyl/N-ethyl adjacent to an activating group) is 1. The molecular weight excluding hydrogens is 344 g/mol. The van der Waals surface area contributed by atoms with Gasteiger partial charge in [0.1, 0.15) is 5.82 Å². The average Bonchev–Trinajstić information content (AvgIpc) is 2.64. The Morgan fingerprint density at radius 3 is 2.67 bits per heavy atom. The highest BCUT2D eigenvalue weighted by Gasteiger charge is 2.31. The second kappa shape index (κ2) is 8.19. The summed E-state index contributed by atoms with van der Waals surface area (Å²) in [5.74, 6) is 0.658. The number of fused-ring (bicyclic) bond motifs is 1. The molecule has 3 atom stereocenters. The maximum Gasteiger partial charge on any atom is 0.258 e. The number of aromatic amines is 1. The molecule has 2 aromatic rings. The number of aromatic nitrogens is 2. The average molecular weight is 372 g/mol. The highest BCUT2D eigenvalue weighted by Crippen LogP contribution is 2.15. The van der Waals surface area contributed by atoms with Crippen LogP contribution in [0.1, 0.15) is 33.5 Å². The second-order valence-electron chi connectivity index (χ2n) is 7.27. The van der Waals surface area contributed by atoms with Gasteiger partial charge in [0.25, 0.3) is 5.56 Å². The fourth-order valence-electron chi connectivity index (χ4n) is 3.70. The van der Waals surface area contributed by atoms with Crippen molar-refractivity contribution in [1.82, 2.24) is 19.8 Å². The molecule has 0 saturated carbocycles. The Morgan fingerprint density at radius 2 is 2.00 bits per heavy atom. The first kappa shape index (κ1) is 19.5. The van der Waals surface area contributed by atoms with Crippen molar-refractivity contribution < 1.29 is 9.53 Å². The van der Waals surface area contributed by atoms with E-state index in [0.29, 0.717) is 42.9 Å². The van der Waals surface area contributed by atoms with E-state index in [9.17, 15) is 9.59 Å². The molecule has 1 aromatic carbocycles. The Labute approximate surface area is 159 Å². The van der Waals surface area contributed by atoms with E-state index in [4.69, 9.17) is 4.74 Å². The van der Waals surface area contributed by atoms with Crippen LogP contribution < -0.4 is 5.56 Å². The zero-order valence-electron chi connectivity index (χ0n) is 16.4. The molecule has 0 spiro atoms. The summed E-state index contributed by atoms with van der Waals surface area (Å²) in [6, 6.07) is 6.97. The van der Waals surface area contributed by atoms with Gasteiger partial charge in [-0.3, -0.25) is 14.5 Å². The third-order valence-corrected chi connectivity index (χ3v) is 5.06. The highest BCUT2D eigenvalue weighted by atomic mass is 16.5. The Kier molecular flexibility index (Phi) is 5.92. The number of carbonyl (C=O) groups is 1. The largest absolute Gasteiger partial charge is 0.372 e. The van der Waals surface area contributed by atoms with Crippen molar-refractivity contribution in [2.24, 2.45) is 0 Å². The third kappa shape index (κ3) is 4.36. The lowest BCUT2D eigenvalue weighted by molar-refractivity contribution is -0.148. The number of H-pyrrole nitrogens is 1. The van der Waals surface area contributed by atoms with Crippen LogP contribution in [-0.2, 0) is 16.1 Å². The standard InChI is InChI=1S/C20H28N4O3/c1-5-23(15(4)20(26)24-10-13(2)27-14(3)11-24)12-18-21-17-9-7-6-8-16(17)19(25)22-18/h6-9,13-15H,5,10-12H2,1-4H3,(H,21,22,25). The second-order valence-corrected chi connectivity index (χ2v) is 7.27. The summed E-state index contributed by atoms with van der Waals surface area (Å²) >= 11 is 0. The third-order valence-electron chi connectivity index (χ3n) is 5.06. The monoisotopic (exact) mass is 372 g/mol. The van der Waals surface area contributed by atoms with Crippen molar-refractivity contribution in [1.29, 1.82) is 0 Å². The number of ether oxygens (including phenoxy) is 1. The summed E-state index contributed by atoms with van der Waals surface area (Å²) < 4.78 is 5.73. The molecule has 0 aliphatic carbocycles. The van der Waals surface area contributed by atoms with Crippen molar-refractivity contribution in [3.63, 3.8) is 0 Å². The molecule has 1 fully saturated rings. The number of hydrogen-bond acceptors (Lipinski definition) is 5. The molecule has 1 aromatic heterocycles. The minimum atomic E-state index is -0.302. The normalized spacial score (nSPS) is 21.6. The van der Waals surface area contributed by atoms with Gasteiger partial charge in [0.05, 0.1) is 35.7 Å². The molecule has 7 heteroatoms. The lowest BCUT2D eigenvalue weighted by Crippen LogP contribution is -2.54. The fraction of sp³-hybridized carbons (Fsp3) is 0.550. The number of amides is 1. The first-order valence-corrected chi connectivity index (χ1v) is 9.55. The van der Waals surface area contributed by atoms with Crippen LogP contribution in [0, 0.1) is 0 Å². The molecule has 1 aliphatic rings. The number of carbonyl (C=O) groups excluding carboxylic acids is 1. The summed E-state index contributed by atoms with van der Waals surface area (Å²) in [4.78, 5) is 36.6. The summed E-state index contributed by atoms with van der Waals surface area (Å²) in [6.45, 7) is 10.2. The van der Waals surface area contributed by atoms with E-state index in [-0.39, 0.29) is 29.7 Å². The van der Waals surface area contributed by atoms with Crippen molar-refractivity contribution in [3.05, 3.63) is 40.4 Å². The topological polar surface area (TPSA) is 78.5 Å².